The second-order valence-corrected chi connectivity index (χ2v) is 7.56. The lowest BCUT2D eigenvalue weighted by Gasteiger charge is -2.11. The van der Waals surface area contributed by atoms with Gasteiger partial charge in [0.15, 0.2) is 0 Å². The second kappa shape index (κ2) is 8.85. The minimum Gasteiger partial charge on any atom is -0.497 e. The summed E-state index contributed by atoms with van der Waals surface area (Å²) in [6.07, 6.45) is 0. The van der Waals surface area contributed by atoms with Crippen molar-refractivity contribution in [3.63, 3.8) is 0 Å². The zero-order valence-corrected chi connectivity index (χ0v) is 17.1. The number of nitrogens with one attached hydrogen (secondary N) is 1. The number of rotatable bonds is 7. The zero-order chi connectivity index (χ0) is 20.1. The van der Waals surface area contributed by atoms with Crippen LogP contribution in [-0.2, 0) is 6.61 Å². The van der Waals surface area contributed by atoms with E-state index in [1.54, 1.807) is 24.1 Å². The van der Waals surface area contributed by atoms with Crippen molar-refractivity contribution in [2.45, 2.75) is 6.61 Å². The number of thiazole rings is 2. The van der Waals surface area contributed by atoms with Crippen molar-refractivity contribution in [3.05, 3.63) is 76.2 Å². The first-order valence-corrected chi connectivity index (χ1v) is 10.6. The standard InChI is InChI=1S/C21H17N3O3S2/c1-26-16-8-6-14(7-9-16)21-24-18(12-29-21)20(25)23-17-4-2-3-5-19(17)27-10-15-11-28-13-22-15/h2-9,11-13H,10H2,1H3,(H,23,25). The van der Waals surface area contributed by atoms with E-state index >= 15 is 0 Å². The Bertz CT molecular complexity index is 1090. The highest BCUT2D eigenvalue weighted by molar-refractivity contribution is 7.13. The molecule has 0 unspecified atom stereocenters. The van der Waals surface area contributed by atoms with Gasteiger partial charge in [-0.25, -0.2) is 9.97 Å². The van der Waals surface area contributed by atoms with Gasteiger partial charge in [-0.15, -0.1) is 22.7 Å². The summed E-state index contributed by atoms with van der Waals surface area (Å²) in [5.74, 6) is 1.07. The maximum absolute atomic E-state index is 12.7. The van der Waals surface area contributed by atoms with Crippen molar-refractivity contribution in [2.24, 2.45) is 0 Å². The molecule has 0 aliphatic carbocycles. The van der Waals surface area contributed by atoms with E-state index in [0.717, 1.165) is 22.0 Å². The molecular weight excluding hydrogens is 406 g/mol. The summed E-state index contributed by atoms with van der Waals surface area (Å²) >= 11 is 2.93. The predicted molar refractivity (Wildman–Crippen MR) is 115 cm³/mol. The molecule has 146 valence electrons. The lowest BCUT2D eigenvalue weighted by molar-refractivity contribution is 0.102. The molecule has 0 bridgehead atoms. The highest BCUT2D eigenvalue weighted by Crippen LogP contribution is 2.28. The van der Waals surface area contributed by atoms with Crippen LogP contribution in [0.5, 0.6) is 11.5 Å². The number of nitrogens with zero attached hydrogens (tertiary/aromatic N) is 2. The van der Waals surface area contributed by atoms with Gasteiger partial charge in [-0.2, -0.15) is 0 Å². The molecule has 0 saturated carbocycles. The van der Waals surface area contributed by atoms with Crippen LogP contribution < -0.4 is 14.8 Å². The van der Waals surface area contributed by atoms with Crippen LogP contribution >= 0.6 is 22.7 Å². The number of anilines is 1. The molecule has 29 heavy (non-hydrogen) atoms. The number of amides is 1. The third-order valence-corrected chi connectivity index (χ3v) is 5.59. The SMILES string of the molecule is COc1ccc(-c2nc(C(=O)Nc3ccccc3OCc3cscn3)cs2)cc1. The molecule has 8 heteroatoms. The summed E-state index contributed by atoms with van der Waals surface area (Å²) in [7, 11) is 1.62. The minimum absolute atomic E-state index is 0.286. The van der Waals surface area contributed by atoms with E-state index in [4.69, 9.17) is 9.47 Å². The first-order valence-electron chi connectivity index (χ1n) is 8.73. The molecule has 0 saturated heterocycles. The van der Waals surface area contributed by atoms with Crippen LogP contribution in [0.1, 0.15) is 16.2 Å². The molecule has 1 amide bonds. The first-order chi connectivity index (χ1) is 14.2. The molecule has 0 spiro atoms. The van der Waals surface area contributed by atoms with Crippen molar-refractivity contribution in [3.8, 4) is 22.1 Å². The first kappa shape index (κ1) is 19.1. The Labute approximate surface area is 175 Å². The molecule has 4 rings (SSSR count). The number of hydrogen-bond acceptors (Lipinski definition) is 7. The highest BCUT2D eigenvalue weighted by Gasteiger charge is 2.14. The lowest BCUT2D eigenvalue weighted by Crippen LogP contribution is -2.13. The van der Waals surface area contributed by atoms with Gasteiger partial charge in [0.1, 0.15) is 28.8 Å². The maximum Gasteiger partial charge on any atom is 0.275 e. The highest BCUT2D eigenvalue weighted by atomic mass is 32.1. The van der Waals surface area contributed by atoms with E-state index < -0.39 is 0 Å². The van der Waals surface area contributed by atoms with E-state index in [1.807, 2.05) is 47.8 Å². The second-order valence-electron chi connectivity index (χ2n) is 5.99. The maximum atomic E-state index is 12.7. The Kier molecular flexibility index (Phi) is 5.83. The quantitative estimate of drug-likeness (QED) is 0.447. The van der Waals surface area contributed by atoms with Crippen molar-refractivity contribution in [2.75, 3.05) is 12.4 Å². The number of para-hydroxylation sites is 2. The number of benzene rings is 2. The van der Waals surface area contributed by atoms with Gasteiger partial charge in [0, 0.05) is 16.3 Å². The van der Waals surface area contributed by atoms with E-state index in [9.17, 15) is 4.79 Å². The van der Waals surface area contributed by atoms with Crippen LogP contribution in [0.3, 0.4) is 0 Å². The average Bonchev–Trinajstić information content (AvgIpc) is 3.45. The smallest absolute Gasteiger partial charge is 0.275 e. The van der Waals surface area contributed by atoms with Crippen LogP contribution in [0.25, 0.3) is 10.6 Å². The summed E-state index contributed by atoms with van der Waals surface area (Å²) in [5.41, 5.74) is 4.48. The van der Waals surface area contributed by atoms with Crippen molar-refractivity contribution in [1.29, 1.82) is 0 Å². The number of hydrogen-bond donors (Lipinski definition) is 1. The molecular formula is C21H17N3O3S2. The Hall–Kier alpha value is -3.23. The van der Waals surface area contributed by atoms with Crippen LogP contribution in [0.15, 0.2) is 64.8 Å². The van der Waals surface area contributed by atoms with Crippen LogP contribution in [0, 0.1) is 0 Å². The molecule has 2 aromatic carbocycles. The molecule has 0 atom stereocenters. The average molecular weight is 424 g/mol. The molecule has 0 aliphatic rings. The fraction of sp³-hybridized carbons (Fsp3) is 0.0952. The van der Waals surface area contributed by atoms with Gasteiger partial charge in [-0.1, -0.05) is 12.1 Å². The van der Waals surface area contributed by atoms with Gasteiger partial charge >= 0.3 is 0 Å². The Morgan fingerprint density at radius 2 is 1.93 bits per heavy atom. The molecule has 2 aromatic heterocycles. The number of methoxy groups -OCH3 is 1. The molecule has 0 aliphatic heterocycles. The van der Waals surface area contributed by atoms with Gasteiger partial charge in [-0.05, 0) is 36.4 Å². The predicted octanol–water partition coefficient (Wildman–Crippen LogP) is 5.11. The van der Waals surface area contributed by atoms with Gasteiger partial charge < -0.3 is 14.8 Å². The Morgan fingerprint density at radius 3 is 2.69 bits per heavy atom. The third-order valence-electron chi connectivity index (χ3n) is 4.07. The molecule has 1 N–H and O–H groups in total. The van der Waals surface area contributed by atoms with Crippen molar-refractivity contribution in [1.82, 2.24) is 9.97 Å². The van der Waals surface area contributed by atoms with E-state index in [0.29, 0.717) is 23.7 Å². The summed E-state index contributed by atoms with van der Waals surface area (Å²) in [4.78, 5) is 21.4. The topological polar surface area (TPSA) is 73.3 Å². The summed E-state index contributed by atoms with van der Waals surface area (Å²) in [5, 5.41) is 7.32. The van der Waals surface area contributed by atoms with Crippen LogP contribution in [-0.4, -0.2) is 23.0 Å². The third kappa shape index (κ3) is 4.61. The number of carbonyl (C=O) groups excluding carboxylic acids is 1. The van der Waals surface area contributed by atoms with Crippen LogP contribution in [0.4, 0.5) is 5.69 Å². The lowest BCUT2D eigenvalue weighted by atomic mass is 10.2. The normalized spacial score (nSPS) is 10.5. The molecule has 0 radical (unpaired) electrons. The molecule has 2 heterocycles. The summed E-state index contributed by atoms with van der Waals surface area (Å²) in [6, 6.07) is 14.9. The van der Waals surface area contributed by atoms with Gasteiger partial charge in [-0.3, -0.25) is 4.79 Å². The van der Waals surface area contributed by atoms with E-state index in [1.165, 1.54) is 22.7 Å². The Balaban J connectivity index is 1.46. The minimum atomic E-state index is -0.286. The number of ether oxygens (including phenoxy) is 2. The summed E-state index contributed by atoms with van der Waals surface area (Å²) < 4.78 is 11.0. The summed E-state index contributed by atoms with van der Waals surface area (Å²) in [6.45, 7) is 0.342. The number of aromatic nitrogens is 2. The fourth-order valence-corrected chi connectivity index (χ4v) is 3.94. The fourth-order valence-electron chi connectivity index (χ4n) is 2.59. The van der Waals surface area contributed by atoms with Crippen LogP contribution in [0.2, 0.25) is 0 Å². The molecule has 4 aromatic rings. The monoisotopic (exact) mass is 423 g/mol. The van der Waals surface area contributed by atoms with Crippen molar-refractivity contribution < 1.29 is 14.3 Å². The number of carbonyl (C=O) groups is 1. The Morgan fingerprint density at radius 1 is 1.10 bits per heavy atom. The van der Waals surface area contributed by atoms with E-state index in [-0.39, 0.29) is 5.91 Å². The molecule has 6 nitrogen and oxygen atoms in total. The molecule has 0 fully saturated rings. The largest absolute Gasteiger partial charge is 0.497 e. The zero-order valence-electron chi connectivity index (χ0n) is 15.5. The van der Waals surface area contributed by atoms with Gasteiger partial charge in [0.05, 0.1) is 24.0 Å². The van der Waals surface area contributed by atoms with Gasteiger partial charge in [0.25, 0.3) is 5.91 Å². The van der Waals surface area contributed by atoms with Gasteiger partial charge in [0.2, 0.25) is 0 Å². The van der Waals surface area contributed by atoms with Crippen molar-refractivity contribution >= 4 is 34.3 Å². The van der Waals surface area contributed by atoms with E-state index in [2.05, 4.69) is 15.3 Å².